The number of carbonyl (C=O) groups is 1. The van der Waals surface area contributed by atoms with E-state index in [1.54, 1.807) is 0 Å². The second-order valence-corrected chi connectivity index (χ2v) is 4.72. The molecule has 0 aromatic heterocycles. The standard InChI is InChI=1S/C10H16O2/c1-8-2-10(3-8)4-9(5-10)6-12-7-11/h7-9H,2-6H2,1H3. The van der Waals surface area contributed by atoms with E-state index in [1.165, 1.54) is 25.7 Å². The Bertz CT molecular complexity index is 174. The van der Waals surface area contributed by atoms with Crippen LogP contribution in [-0.2, 0) is 9.53 Å². The fraction of sp³-hybridized carbons (Fsp3) is 0.900. The number of hydrogen-bond donors (Lipinski definition) is 0. The normalized spacial score (nSPS) is 44.8. The summed E-state index contributed by atoms with van der Waals surface area (Å²) in [6.07, 6.45) is 5.41. The van der Waals surface area contributed by atoms with Crippen LogP contribution in [0.4, 0.5) is 0 Å². The van der Waals surface area contributed by atoms with Crippen LogP contribution in [0.3, 0.4) is 0 Å². The monoisotopic (exact) mass is 168 g/mol. The molecule has 0 bridgehead atoms. The lowest BCUT2D eigenvalue weighted by Crippen LogP contribution is -2.47. The summed E-state index contributed by atoms with van der Waals surface area (Å²) in [4.78, 5) is 9.92. The van der Waals surface area contributed by atoms with Gasteiger partial charge in [0.15, 0.2) is 0 Å². The predicted molar refractivity (Wildman–Crippen MR) is 45.6 cm³/mol. The molecule has 0 heterocycles. The lowest BCUT2D eigenvalue weighted by Gasteiger charge is -2.57. The van der Waals surface area contributed by atoms with Gasteiger partial charge in [-0.1, -0.05) is 6.92 Å². The topological polar surface area (TPSA) is 26.3 Å². The number of rotatable bonds is 3. The lowest BCUT2D eigenvalue weighted by atomic mass is 9.49. The SMILES string of the molecule is CC1CC2(C1)CC(COC=O)C2. The van der Waals surface area contributed by atoms with Crippen molar-refractivity contribution in [3.8, 4) is 0 Å². The first-order valence-electron chi connectivity index (χ1n) is 4.79. The Hall–Kier alpha value is -0.530. The average Bonchev–Trinajstić information content (AvgIpc) is 1.91. The molecule has 2 fully saturated rings. The van der Waals surface area contributed by atoms with Gasteiger partial charge in [0.2, 0.25) is 0 Å². The van der Waals surface area contributed by atoms with Crippen molar-refractivity contribution >= 4 is 6.47 Å². The van der Waals surface area contributed by atoms with E-state index >= 15 is 0 Å². The zero-order valence-electron chi connectivity index (χ0n) is 7.58. The second-order valence-electron chi connectivity index (χ2n) is 4.72. The zero-order chi connectivity index (χ0) is 8.60. The molecule has 0 unspecified atom stereocenters. The minimum atomic E-state index is 0.564. The predicted octanol–water partition coefficient (Wildman–Crippen LogP) is 1.99. The van der Waals surface area contributed by atoms with Gasteiger partial charge in [-0.15, -0.1) is 0 Å². The van der Waals surface area contributed by atoms with E-state index in [0.717, 1.165) is 5.92 Å². The smallest absolute Gasteiger partial charge is 0.293 e. The van der Waals surface area contributed by atoms with Crippen LogP contribution in [0, 0.1) is 17.3 Å². The molecule has 2 saturated carbocycles. The highest BCUT2D eigenvalue weighted by Crippen LogP contribution is 2.60. The summed E-state index contributed by atoms with van der Waals surface area (Å²) in [5.41, 5.74) is 0.691. The van der Waals surface area contributed by atoms with Crippen molar-refractivity contribution in [2.75, 3.05) is 6.61 Å². The summed E-state index contributed by atoms with van der Waals surface area (Å²) in [5, 5.41) is 0. The van der Waals surface area contributed by atoms with E-state index in [2.05, 4.69) is 6.92 Å². The van der Waals surface area contributed by atoms with Crippen LogP contribution in [0.2, 0.25) is 0 Å². The van der Waals surface area contributed by atoms with Crippen molar-refractivity contribution in [3.05, 3.63) is 0 Å². The lowest BCUT2D eigenvalue weighted by molar-refractivity contribution is -0.136. The maximum Gasteiger partial charge on any atom is 0.293 e. The molecule has 0 atom stereocenters. The second kappa shape index (κ2) is 2.75. The summed E-state index contributed by atoms with van der Waals surface area (Å²) >= 11 is 0. The van der Waals surface area contributed by atoms with Crippen LogP contribution < -0.4 is 0 Å². The van der Waals surface area contributed by atoms with E-state index in [0.29, 0.717) is 24.4 Å². The molecule has 0 radical (unpaired) electrons. The van der Waals surface area contributed by atoms with Crippen LogP contribution in [-0.4, -0.2) is 13.1 Å². The number of carbonyl (C=O) groups excluding carboxylic acids is 1. The average molecular weight is 168 g/mol. The first kappa shape index (κ1) is 8.09. The first-order valence-corrected chi connectivity index (χ1v) is 4.79. The van der Waals surface area contributed by atoms with Crippen LogP contribution >= 0.6 is 0 Å². The van der Waals surface area contributed by atoms with Crippen LogP contribution in [0.1, 0.15) is 32.6 Å². The molecule has 68 valence electrons. The molecule has 2 rings (SSSR count). The molecule has 0 aromatic rings. The van der Waals surface area contributed by atoms with Gasteiger partial charge in [-0.25, -0.2) is 0 Å². The van der Waals surface area contributed by atoms with Crippen molar-refractivity contribution < 1.29 is 9.53 Å². The van der Waals surface area contributed by atoms with Gasteiger partial charge in [0.05, 0.1) is 6.61 Å². The first-order chi connectivity index (χ1) is 5.74. The molecule has 0 aromatic carbocycles. The summed E-state index contributed by atoms with van der Waals surface area (Å²) in [7, 11) is 0. The molecule has 2 nitrogen and oxygen atoms in total. The molecule has 2 aliphatic carbocycles. The fourth-order valence-electron chi connectivity index (χ4n) is 3.21. The molecule has 0 saturated heterocycles. The third-order valence-electron chi connectivity index (χ3n) is 3.41. The highest BCUT2D eigenvalue weighted by atomic mass is 16.5. The maximum absolute atomic E-state index is 9.92. The quantitative estimate of drug-likeness (QED) is 0.602. The molecule has 2 heteroatoms. The maximum atomic E-state index is 9.92. The van der Waals surface area contributed by atoms with Gasteiger partial charge >= 0.3 is 0 Å². The van der Waals surface area contributed by atoms with Crippen molar-refractivity contribution in [3.63, 3.8) is 0 Å². The molecule has 0 aliphatic heterocycles. The van der Waals surface area contributed by atoms with Crippen molar-refractivity contribution in [2.24, 2.45) is 17.3 Å². The third-order valence-corrected chi connectivity index (χ3v) is 3.41. The van der Waals surface area contributed by atoms with Gasteiger partial charge in [0.25, 0.3) is 6.47 Å². The summed E-state index contributed by atoms with van der Waals surface area (Å²) in [5.74, 6) is 1.61. The molecule has 2 aliphatic rings. The van der Waals surface area contributed by atoms with Gasteiger partial charge in [-0.3, -0.25) is 4.79 Å². The van der Waals surface area contributed by atoms with Gasteiger partial charge < -0.3 is 4.74 Å². The Balaban J connectivity index is 1.67. The number of ether oxygens (including phenoxy) is 1. The van der Waals surface area contributed by atoms with E-state index < -0.39 is 0 Å². The summed E-state index contributed by atoms with van der Waals surface area (Å²) in [6, 6.07) is 0. The minimum Gasteiger partial charge on any atom is -0.468 e. The molecule has 12 heavy (non-hydrogen) atoms. The van der Waals surface area contributed by atoms with Crippen LogP contribution in [0.15, 0.2) is 0 Å². The Kier molecular flexibility index (Phi) is 1.85. The Morgan fingerprint density at radius 1 is 1.42 bits per heavy atom. The van der Waals surface area contributed by atoms with Gasteiger partial charge in [0.1, 0.15) is 0 Å². The molecule has 1 spiro atoms. The Morgan fingerprint density at radius 3 is 2.58 bits per heavy atom. The third kappa shape index (κ3) is 1.23. The van der Waals surface area contributed by atoms with Gasteiger partial charge in [-0.05, 0) is 42.9 Å². The molecule has 0 amide bonds. The van der Waals surface area contributed by atoms with Crippen molar-refractivity contribution in [2.45, 2.75) is 32.6 Å². The van der Waals surface area contributed by atoms with Gasteiger partial charge in [0, 0.05) is 0 Å². The van der Waals surface area contributed by atoms with Gasteiger partial charge in [-0.2, -0.15) is 0 Å². The minimum absolute atomic E-state index is 0.564. The Morgan fingerprint density at radius 2 is 2.08 bits per heavy atom. The highest BCUT2D eigenvalue weighted by molar-refractivity contribution is 5.36. The largest absolute Gasteiger partial charge is 0.468 e. The zero-order valence-corrected chi connectivity index (χ0v) is 7.58. The molecular weight excluding hydrogens is 152 g/mol. The highest BCUT2D eigenvalue weighted by Gasteiger charge is 2.51. The molecule has 0 N–H and O–H groups in total. The van der Waals surface area contributed by atoms with E-state index in [-0.39, 0.29) is 0 Å². The number of hydrogen-bond acceptors (Lipinski definition) is 2. The Labute approximate surface area is 73.3 Å². The van der Waals surface area contributed by atoms with Crippen LogP contribution in [0.5, 0.6) is 0 Å². The van der Waals surface area contributed by atoms with Crippen molar-refractivity contribution in [1.29, 1.82) is 0 Å². The summed E-state index contributed by atoms with van der Waals surface area (Å²) < 4.78 is 4.75. The molecular formula is C10H16O2. The summed E-state index contributed by atoms with van der Waals surface area (Å²) in [6.45, 7) is 3.54. The van der Waals surface area contributed by atoms with Crippen molar-refractivity contribution in [1.82, 2.24) is 0 Å². The van der Waals surface area contributed by atoms with E-state index in [4.69, 9.17) is 4.74 Å². The van der Waals surface area contributed by atoms with E-state index in [9.17, 15) is 4.79 Å². The van der Waals surface area contributed by atoms with Crippen LogP contribution in [0.25, 0.3) is 0 Å². The fourth-order valence-corrected chi connectivity index (χ4v) is 3.21. The van der Waals surface area contributed by atoms with E-state index in [1.807, 2.05) is 0 Å².